The molecule has 8 heterocycles. The SMILES string of the molecule is C[C@H](CNC(=O)c1cc(NC(=O)[C@H](N)CCNC(=O)c2cc(NC(=O)[C@@H]3C[C@H](NC(=O)CCNC(=O)c4cc(NC(=O)c5nccn5C)cn4C)CN3)cn2C)cn1C)C(=O)Nc1cc(C(=O)Nc2cc(C(=O)Nc3cc(C(N)=O)n(C)c3)n(C)c2)n(C)c1. The lowest BCUT2D eigenvalue weighted by molar-refractivity contribution is -0.122. The maximum absolute atomic E-state index is 13.3. The highest BCUT2D eigenvalue weighted by molar-refractivity contribution is 6.08. The van der Waals surface area contributed by atoms with Gasteiger partial charge in [0.2, 0.25) is 23.6 Å². The molecular weight excluding hydrogens is 1150 g/mol. The first-order valence-electron chi connectivity index (χ1n) is 28.0. The van der Waals surface area contributed by atoms with Gasteiger partial charge < -0.3 is 102 Å². The van der Waals surface area contributed by atoms with E-state index in [1.54, 1.807) is 103 Å². The van der Waals surface area contributed by atoms with Crippen molar-refractivity contribution >= 4 is 99.1 Å². The van der Waals surface area contributed by atoms with Gasteiger partial charge in [0.15, 0.2) is 5.82 Å². The second-order valence-corrected chi connectivity index (χ2v) is 21.6. The van der Waals surface area contributed by atoms with Crippen molar-refractivity contribution in [3.05, 3.63) is 126 Å². The molecule has 1 aliphatic rings. The van der Waals surface area contributed by atoms with E-state index in [9.17, 15) is 52.7 Å². The minimum Gasteiger partial charge on any atom is -0.364 e. The molecule has 1 fully saturated rings. The van der Waals surface area contributed by atoms with Crippen molar-refractivity contribution < 1.29 is 52.7 Å². The molecule has 0 radical (unpaired) electrons. The van der Waals surface area contributed by atoms with Gasteiger partial charge in [0.25, 0.3) is 41.4 Å². The summed E-state index contributed by atoms with van der Waals surface area (Å²) in [5.41, 5.74) is 14.8. The van der Waals surface area contributed by atoms with Gasteiger partial charge in [0.1, 0.15) is 34.2 Å². The van der Waals surface area contributed by atoms with Crippen LogP contribution in [0.15, 0.2) is 86.0 Å². The predicted octanol–water partition coefficient (Wildman–Crippen LogP) is 0.00270. The summed E-state index contributed by atoms with van der Waals surface area (Å²) in [5.74, 6) is -5.83. The van der Waals surface area contributed by atoms with Gasteiger partial charge in [-0.25, -0.2) is 4.98 Å². The van der Waals surface area contributed by atoms with Gasteiger partial charge in [-0.2, -0.15) is 0 Å². The summed E-state index contributed by atoms with van der Waals surface area (Å²) in [6, 6.07) is 6.78. The number of primary amides is 1. The quantitative estimate of drug-likeness (QED) is 0.0359. The van der Waals surface area contributed by atoms with E-state index in [2.05, 4.69) is 63.5 Å². The molecule has 0 aromatic carbocycles. The van der Waals surface area contributed by atoms with Crippen molar-refractivity contribution in [3.63, 3.8) is 0 Å². The van der Waals surface area contributed by atoms with Crippen LogP contribution in [-0.4, -0.2) is 146 Å². The monoisotopic (exact) mass is 1230 g/mol. The van der Waals surface area contributed by atoms with Crippen molar-refractivity contribution in [2.75, 3.05) is 58.1 Å². The summed E-state index contributed by atoms with van der Waals surface area (Å²) in [6.45, 7) is 1.91. The number of amides is 11. The first-order valence-corrected chi connectivity index (χ1v) is 28.0. The summed E-state index contributed by atoms with van der Waals surface area (Å²) in [4.78, 5) is 146. The van der Waals surface area contributed by atoms with E-state index in [4.69, 9.17) is 11.5 Å². The number of carbonyl (C=O) groups excluding carboxylic acids is 11. The topological polar surface area (TPSA) is 420 Å². The van der Waals surface area contributed by atoms with Gasteiger partial charge in [0, 0.05) is 138 Å². The third kappa shape index (κ3) is 15.9. The minimum absolute atomic E-state index is 0.0152. The summed E-state index contributed by atoms with van der Waals surface area (Å²) in [5, 5.41) is 30.5. The van der Waals surface area contributed by atoms with Crippen molar-refractivity contribution in [2.24, 2.45) is 66.7 Å². The fourth-order valence-electron chi connectivity index (χ4n) is 9.78. The van der Waals surface area contributed by atoms with Crippen LogP contribution >= 0.6 is 0 Å². The molecule has 1 saturated heterocycles. The number of hydrogen-bond donors (Lipinski definition) is 13. The second-order valence-electron chi connectivity index (χ2n) is 21.6. The van der Waals surface area contributed by atoms with Crippen LogP contribution < -0.4 is 70.0 Å². The highest BCUT2D eigenvalue weighted by atomic mass is 16.2. The van der Waals surface area contributed by atoms with Crippen molar-refractivity contribution in [2.45, 2.75) is 44.3 Å². The Morgan fingerprint density at radius 2 is 0.944 bits per heavy atom. The molecule has 470 valence electrons. The van der Waals surface area contributed by atoms with Gasteiger partial charge >= 0.3 is 0 Å². The van der Waals surface area contributed by atoms with Crippen molar-refractivity contribution in [1.82, 2.24) is 63.5 Å². The molecule has 89 heavy (non-hydrogen) atoms. The van der Waals surface area contributed by atoms with E-state index in [-0.39, 0.29) is 102 Å². The fourth-order valence-corrected chi connectivity index (χ4v) is 9.78. The zero-order valence-corrected chi connectivity index (χ0v) is 50.1. The average molecular weight is 1230 g/mol. The first kappa shape index (κ1) is 64.0. The number of aromatic nitrogens is 8. The molecule has 7 aromatic rings. The van der Waals surface area contributed by atoms with Gasteiger partial charge in [-0.3, -0.25) is 52.7 Å². The standard InChI is InChI=1S/C57H71N21O11/c1-30(49(81)66-33-20-44(77(7)25-33)56(88)70-36-21-45(78(8)28-36)55(87)69-32-16-40(47(59)80)73(3)24-32)22-64-54(86)43-17-34(26-76(43)6)67-50(82)38(58)9-11-61-52(84)41-18-35(27-74(41)4)68-51(83)39-15-31(23-63-39)65-46(79)10-12-62-53(85)42-19-37(29-75(42)5)71-57(89)48-60-13-14-72(48)2/h13-14,16-21,24-31,38-39,63H,9-12,15,22-23,58H2,1-8H3,(H2,59,80)(H,61,84)(H,62,85)(H,64,86)(H,65,79)(H,66,81)(H,67,82)(H,68,83)(H,69,87)(H,70,88)(H,71,89)/t30-,31+,38-,39+/m1/s1. The molecule has 1 aliphatic heterocycles. The van der Waals surface area contributed by atoms with Crippen LogP contribution in [0.1, 0.15) is 99.7 Å². The number of imidazole rings is 1. The lowest BCUT2D eigenvalue weighted by Gasteiger charge is -2.13. The smallest absolute Gasteiger partial charge is 0.291 e. The molecule has 0 spiro atoms. The number of nitrogens with zero attached hydrogens (tertiary/aromatic N) is 8. The van der Waals surface area contributed by atoms with Crippen LogP contribution in [0.5, 0.6) is 0 Å². The Labute approximate surface area is 508 Å². The molecule has 32 heteroatoms. The largest absolute Gasteiger partial charge is 0.364 e. The normalized spacial score (nSPS) is 14.2. The van der Waals surface area contributed by atoms with Crippen LogP contribution in [0, 0.1) is 5.92 Å². The molecule has 11 amide bonds. The Morgan fingerprint density at radius 1 is 0.528 bits per heavy atom. The minimum atomic E-state index is -1.06. The maximum Gasteiger partial charge on any atom is 0.291 e. The number of hydrogen-bond acceptors (Lipinski definition) is 14. The molecule has 0 bridgehead atoms. The molecule has 0 unspecified atom stereocenters. The van der Waals surface area contributed by atoms with E-state index in [0.29, 0.717) is 35.0 Å². The zero-order valence-electron chi connectivity index (χ0n) is 50.1. The lowest BCUT2D eigenvalue weighted by atomic mass is 10.1. The zero-order chi connectivity index (χ0) is 64.5. The van der Waals surface area contributed by atoms with E-state index in [1.807, 2.05) is 0 Å². The van der Waals surface area contributed by atoms with Gasteiger partial charge in [-0.05, 0) is 49.2 Å². The molecule has 0 saturated carbocycles. The fraction of sp³-hybridized carbons (Fsp3) is 0.333. The summed E-state index contributed by atoms with van der Waals surface area (Å²) < 4.78 is 10.6. The average Bonchev–Trinajstić information content (AvgIpc) is 2.81. The number of rotatable bonds is 25. The molecular formula is C57H71N21O11. The predicted molar refractivity (Wildman–Crippen MR) is 326 cm³/mol. The van der Waals surface area contributed by atoms with Crippen LogP contribution in [-0.2, 0) is 68.5 Å². The molecule has 32 nitrogen and oxygen atoms in total. The first-order chi connectivity index (χ1) is 42.2. The number of nitrogens with two attached hydrogens (primary N) is 2. The van der Waals surface area contributed by atoms with Crippen molar-refractivity contribution in [1.29, 1.82) is 0 Å². The lowest BCUT2D eigenvalue weighted by Crippen LogP contribution is -2.39. The Hall–Kier alpha value is -11.0. The van der Waals surface area contributed by atoms with E-state index in [0.717, 1.165) is 0 Å². The Balaban J connectivity index is 0.706. The number of anilines is 6. The Kier molecular flexibility index (Phi) is 19.8. The molecule has 7 aromatic heterocycles. The highest BCUT2D eigenvalue weighted by Gasteiger charge is 2.31. The highest BCUT2D eigenvalue weighted by Crippen LogP contribution is 2.22. The van der Waals surface area contributed by atoms with E-state index < -0.39 is 71.2 Å². The van der Waals surface area contributed by atoms with Crippen LogP contribution in [0.25, 0.3) is 0 Å². The second kappa shape index (κ2) is 27.6. The van der Waals surface area contributed by atoms with Gasteiger partial charge in [0.05, 0.1) is 52.1 Å². The summed E-state index contributed by atoms with van der Waals surface area (Å²) in [7, 11) is 11.4. The Bertz CT molecular complexity index is 3900. The van der Waals surface area contributed by atoms with Gasteiger partial charge in [-0.15, -0.1) is 0 Å². The third-order valence-electron chi connectivity index (χ3n) is 14.6. The molecule has 4 atom stereocenters. The van der Waals surface area contributed by atoms with Crippen LogP contribution in [0.3, 0.4) is 0 Å². The molecule has 8 rings (SSSR count). The van der Waals surface area contributed by atoms with Crippen LogP contribution in [0.2, 0.25) is 0 Å². The molecule has 15 N–H and O–H groups in total. The van der Waals surface area contributed by atoms with Gasteiger partial charge in [-0.1, -0.05) is 6.92 Å². The number of carbonyl (C=O) groups is 11. The Morgan fingerprint density at radius 3 is 1.42 bits per heavy atom. The van der Waals surface area contributed by atoms with Crippen LogP contribution in [0.4, 0.5) is 34.1 Å². The van der Waals surface area contributed by atoms with E-state index >= 15 is 0 Å². The van der Waals surface area contributed by atoms with Crippen molar-refractivity contribution in [3.8, 4) is 0 Å². The van der Waals surface area contributed by atoms with E-state index in [1.165, 1.54) is 71.6 Å². The number of nitrogens with one attached hydrogen (secondary N) is 11. The number of aryl methyl sites for hydroxylation is 7. The summed E-state index contributed by atoms with van der Waals surface area (Å²) in [6.07, 6.45) is 12.8. The molecule has 0 aliphatic carbocycles. The maximum atomic E-state index is 13.3. The third-order valence-corrected chi connectivity index (χ3v) is 14.6. The summed E-state index contributed by atoms with van der Waals surface area (Å²) >= 11 is 0.